The van der Waals surface area contributed by atoms with Gasteiger partial charge >= 0.3 is 0 Å². The minimum Gasteiger partial charge on any atom is -0.316 e. The van der Waals surface area contributed by atoms with Gasteiger partial charge < -0.3 is 5.32 Å². The first-order valence-electron chi connectivity index (χ1n) is 6.80. The Morgan fingerprint density at radius 2 is 2.14 bits per heavy atom. The van der Waals surface area contributed by atoms with Gasteiger partial charge in [-0.2, -0.15) is 0 Å². The van der Waals surface area contributed by atoms with Crippen LogP contribution in [0.15, 0.2) is 23.1 Å². The molecule has 120 valence electrons. The lowest BCUT2D eigenvalue weighted by atomic mass is 9.83. The Kier molecular flexibility index (Phi) is 6.50. The van der Waals surface area contributed by atoms with Gasteiger partial charge in [0.1, 0.15) is 0 Å². The van der Waals surface area contributed by atoms with Crippen molar-refractivity contribution in [2.45, 2.75) is 31.6 Å². The quantitative estimate of drug-likeness (QED) is 0.875. The summed E-state index contributed by atoms with van der Waals surface area (Å²) in [7, 11) is -3.51. The maximum absolute atomic E-state index is 12.4. The molecule has 1 atom stereocenters. The summed E-state index contributed by atoms with van der Waals surface area (Å²) >= 11 is 5.99. The molecule has 1 fully saturated rings. The van der Waals surface area contributed by atoms with Crippen molar-refractivity contribution in [1.82, 2.24) is 10.0 Å². The van der Waals surface area contributed by atoms with Crippen molar-refractivity contribution in [3.05, 3.63) is 28.8 Å². The average Bonchev–Trinajstić information content (AvgIpc) is 2.41. The highest BCUT2D eigenvalue weighted by Crippen LogP contribution is 2.26. The van der Waals surface area contributed by atoms with Crippen molar-refractivity contribution in [2.24, 2.45) is 5.41 Å². The highest BCUT2D eigenvalue weighted by atomic mass is 35.5. The highest BCUT2D eigenvalue weighted by Gasteiger charge is 2.29. The van der Waals surface area contributed by atoms with Crippen LogP contribution in [0.5, 0.6) is 0 Å². The largest absolute Gasteiger partial charge is 0.316 e. The van der Waals surface area contributed by atoms with Crippen molar-refractivity contribution >= 4 is 34.0 Å². The number of hydrogen-bond donors (Lipinski definition) is 2. The second-order valence-electron chi connectivity index (χ2n) is 5.78. The summed E-state index contributed by atoms with van der Waals surface area (Å²) in [4.78, 5) is 0.261. The molecule has 0 amide bonds. The molecule has 0 spiro atoms. The second-order valence-corrected chi connectivity index (χ2v) is 7.92. The van der Waals surface area contributed by atoms with E-state index in [1.807, 2.05) is 0 Å². The Morgan fingerprint density at radius 3 is 2.76 bits per heavy atom. The van der Waals surface area contributed by atoms with Gasteiger partial charge in [0.05, 0.1) is 4.90 Å². The van der Waals surface area contributed by atoms with E-state index in [4.69, 9.17) is 11.6 Å². The molecule has 0 saturated carbocycles. The van der Waals surface area contributed by atoms with Crippen LogP contribution < -0.4 is 10.0 Å². The summed E-state index contributed by atoms with van der Waals surface area (Å²) in [5, 5.41) is 3.79. The lowest BCUT2D eigenvalue weighted by Crippen LogP contribution is -2.45. The number of nitrogens with one attached hydrogen (secondary N) is 2. The number of piperidine rings is 1. The van der Waals surface area contributed by atoms with Crippen molar-refractivity contribution in [1.29, 1.82) is 0 Å². The smallest absolute Gasteiger partial charge is 0.240 e. The predicted octanol–water partition coefficient (Wildman–Crippen LogP) is 2.74. The number of halogens is 2. The van der Waals surface area contributed by atoms with Gasteiger partial charge in [0.25, 0.3) is 0 Å². The van der Waals surface area contributed by atoms with E-state index in [1.54, 1.807) is 25.1 Å². The first kappa shape index (κ1) is 18.7. The molecule has 21 heavy (non-hydrogen) atoms. The molecule has 1 unspecified atom stereocenters. The Bertz CT molecular complexity index is 585. The molecular weight excluding hydrogens is 331 g/mol. The lowest BCUT2D eigenvalue weighted by molar-refractivity contribution is 0.238. The summed E-state index contributed by atoms with van der Waals surface area (Å²) in [6, 6.07) is 4.95. The summed E-state index contributed by atoms with van der Waals surface area (Å²) in [5.74, 6) is 0. The van der Waals surface area contributed by atoms with Crippen LogP contribution in [0.4, 0.5) is 0 Å². The Balaban J connectivity index is 0.00000220. The third kappa shape index (κ3) is 4.57. The molecule has 0 aliphatic carbocycles. The van der Waals surface area contributed by atoms with Gasteiger partial charge in [0.2, 0.25) is 10.0 Å². The standard InChI is InChI=1S/C14H21ClN2O2S.ClH/c1-11-12(15)5-3-6-13(11)20(18,19)17-10-14(2)7-4-8-16-9-14;/h3,5-6,16-17H,4,7-10H2,1-2H3;1H. The van der Waals surface area contributed by atoms with Gasteiger partial charge in [-0.25, -0.2) is 13.1 Å². The molecule has 0 aromatic heterocycles. The molecule has 1 aromatic rings. The van der Waals surface area contributed by atoms with Gasteiger partial charge in [-0.3, -0.25) is 0 Å². The number of rotatable bonds is 4. The van der Waals surface area contributed by atoms with Crippen LogP contribution in [0.1, 0.15) is 25.3 Å². The summed E-state index contributed by atoms with van der Waals surface area (Å²) in [6.45, 7) is 6.11. The Morgan fingerprint density at radius 1 is 1.43 bits per heavy atom. The molecular formula is C14H22Cl2N2O2S. The van der Waals surface area contributed by atoms with Crippen molar-refractivity contribution in [2.75, 3.05) is 19.6 Å². The molecule has 1 heterocycles. The van der Waals surface area contributed by atoms with E-state index >= 15 is 0 Å². The first-order valence-corrected chi connectivity index (χ1v) is 8.66. The summed E-state index contributed by atoms with van der Waals surface area (Å²) in [5.41, 5.74) is 0.561. The molecule has 1 aliphatic heterocycles. The monoisotopic (exact) mass is 352 g/mol. The zero-order valence-corrected chi connectivity index (χ0v) is 14.7. The van der Waals surface area contributed by atoms with Crippen LogP contribution in [0.3, 0.4) is 0 Å². The fraction of sp³-hybridized carbons (Fsp3) is 0.571. The van der Waals surface area contributed by atoms with Gasteiger partial charge in [-0.05, 0) is 49.4 Å². The van der Waals surface area contributed by atoms with E-state index in [-0.39, 0.29) is 22.7 Å². The third-order valence-corrected chi connectivity index (χ3v) is 5.84. The normalized spacial score (nSPS) is 22.6. The topological polar surface area (TPSA) is 58.2 Å². The molecule has 2 rings (SSSR count). The molecule has 1 aliphatic rings. The van der Waals surface area contributed by atoms with Crippen LogP contribution in [0, 0.1) is 12.3 Å². The third-order valence-electron chi connectivity index (χ3n) is 3.88. The number of benzene rings is 1. The van der Waals surface area contributed by atoms with Gasteiger partial charge in [-0.1, -0.05) is 24.6 Å². The zero-order valence-electron chi connectivity index (χ0n) is 12.3. The lowest BCUT2D eigenvalue weighted by Gasteiger charge is -2.34. The molecule has 0 bridgehead atoms. The fourth-order valence-corrected chi connectivity index (χ4v) is 4.19. The minimum atomic E-state index is -3.51. The van der Waals surface area contributed by atoms with E-state index in [2.05, 4.69) is 17.0 Å². The average molecular weight is 353 g/mol. The molecule has 1 saturated heterocycles. The zero-order chi connectivity index (χ0) is 14.8. The fourth-order valence-electron chi connectivity index (χ4n) is 2.50. The molecule has 1 aromatic carbocycles. The maximum atomic E-state index is 12.4. The van der Waals surface area contributed by atoms with E-state index < -0.39 is 10.0 Å². The van der Waals surface area contributed by atoms with Crippen LogP contribution in [-0.2, 0) is 10.0 Å². The van der Waals surface area contributed by atoms with Crippen LogP contribution in [0.25, 0.3) is 0 Å². The van der Waals surface area contributed by atoms with E-state index in [1.165, 1.54) is 0 Å². The van der Waals surface area contributed by atoms with Crippen LogP contribution in [-0.4, -0.2) is 28.1 Å². The number of hydrogen-bond acceptors (Lipinski definition) is 3. The number of sulfonamides is 1. The van der Waals surface area contributed by atoms with Crippen LogP contribution in [0.2, 0.25) is 5.02 Å². The van der Waals surface area contributed by atoms with Gasteiger partial charge in [-0.15, -0.1) is 12.4 Å². The predicted molar refractivity (Wildman–Crippen MR) is 88.8 cm³/mol. The second kappa shape index (κ2) is 7.29. The molecule has 4 nitrogen and oxygen atoms in total. The first-order chi connectivity index (χ1) is 9.34. The van der Waals surface area contributed by atoms with Crippen molar-refractivity contribution < 1.29 is 8.42 Å². The molecule has 7 heteroatoms. The van der Waals surface area contributed by atoms with Gasteiger partial charge in [0.15, 0.2) is 0 Å². The Hall–Kier alpha value is -0.330. The SMILES string of the molecule is Cc1c(Cl)cccc1S(=O)(=O)NCC1(C)CCCNC1.Cl. The summed E-state index contributed by atoms with van der Waals surface area (Å²) < 4.78 is 27.5. The highest BCUT2D eigenvalue weighted by molar-refractivity contribution is 7.89. The van der Waals surface area contributed by atoms with Crippen molar-refractivity contribution in [3.8, 4) is 0 Å². The van der Waals surface area contributed by atoms with E-state index in [0.29, 0.717) is 17.1 Å². The van der Waals surface area contributed by atoms with Crippen molar-refractivity contribution in [3.63, 3.8) is 0 Å². The Labute approximate surface area is 138 Å². The van der Waals surface area contributed by atoms with E-state index in [0.717, 1.165) is 25.9 Å². The molecule has 2 N–H and O–H groups in total. The molecule has 0 radical (unpaired) electrons. The van der Waals surface area contributed by atoms with Gasteiger partial charge in [0, 0.05) is 18.1 Å². The maximum Gasteiger partial charge on any atom is 0.240 e. The van der Waals surface area contributed by atoms with E-state index in [9.17, 15) is 8.42 Å². The minimum absolute atomic E-state index is 0. The van der Waals surface area contributed by atoms with Crippen LogP contribution >= 0.6 is 24.0 Å². The summed E-state index contributed by atoms with van der Waals surface area (Å²) in [6.07, 6.45) is 2.10.